The smallest absolute Gasteiger partial charge is 0.290 e. The summed E-state index contributed by atoms with van der Waals surface area (Å²) in [5, 5.41) is 3.08. The first-order chi connectivity index (χ1) is 15.1. The van der Waals surface area contributed by atoms with E-state index in [0.717, 1.165) is 40.4 Å². The number of morpholine rings is 1. The number of fused-ring (bicyclic) bond motifs is 3. The molecule has 162 valence electrons. The van der Waals surface area contributed by atoms with Crippen LogP contribution >= 0.6 is 0 Å². The van der Waals surface area contributed by atoms with Gasteiger partial charge in [-0.25, -0.2) is 0 Å². The molecule has 5 rings (SSSR count). The summed E-state index contributed by atoms with van der Waals surface area (Å²) in [6.45, 7) is 7.46. The lowest BCUT2D eigenvalue weighted by molar-refractivity contribution is -0.134. The van der Waals surface area contributed by atoms with Crippen molar-refractivity contribution in [3.05, 3.63) is 47.7 Å². The summed E-state index contributed by atoms with van der Waals surface area (Å²) in [4.78, 5) is 31.6. The molecule has 0 N–H and O–H groups in total. The molecule has 7 heteroatoms. The molecule has 0 radical (unpaired) electrons. The van der Waals surface area contributed by atoms with Crippen molar-refractivity contribution in [3.8, 4) is 0 Å². The van der Waals surface area contributed by atoms with Crippen LogP contribution in [0.1, 0.15) is 16.1 Å². The molecule has 1 aromatic heterocycles. The van der Waals surface area contributed by atoms with Gasteiger partial charge in [0.05, 0.1) is 19.8 Å². The maximum Gasteiger partial charge on any atom is 0.290 e. The van der Waals surface area contributed by atoms with Crippen LogP contribution in [-0.4, -0.2) is 85.5 Å². The number of carbonyl (C=O) groups excluding carboxylic acids is 2. The molecule has 2 aromatic carbocycles. The highest BCUT2D eigenvalue weighted by molar-refractivity contribution is 6.08. The highest BCUT2D eigenvalue weighted by Gasteiger charge is 2.29. The molecule has 0 atom stereocenters. The van der Waals surface area contributed by atoms with Crippen molar-refractivity contribution in [2.24, 2.45) is 0 Å². The van der Waals surface area contributed by atoms with Crippen LogP contribution in [0.25, 0.3) is 21.7 Å². The zero-order chi connectivity index (χ0) is 21.4. The Bertz CT molecular complexity index is 1120. The number of carbonyl (C=O) groups is 2. The van der Waals surface area contributed by atoms with Crippen LogP contribution in [-0.2, 0) is 9.53 Å². The van der Waals surface area contributed by atoms with Crippen LogP contribution in [0.3, 0.4) is 0 Å². The summed E-state index contributed by atoms with van der Waals surface area (Å²) < 4.78 is 11.5. The van der Waals surface area contributed by atoms with Crippen LogP contribution in [0.4, 0.5) is 0 Å². The van der Waals surface area contributed by atoms with Crippen LogP contribution in [0.2, 0.25) is 0 Å². The standard InChI is InChI=1S/C24H27N3O4/c1-17-19-7-6-18-4-2-3-5-20(18)23(19)31-22(17)24(29)27-10-8-26(9-11-27)21(28)16-25-12-14-30-15-13-25/h2-7H,8-16H2,1H3. The topological polar surface area (TPSA) is 66.2 Å². The van der Waals surface area contributed by atoms with E-state index in [1.54, 1.807) is 4.90 Å². The quantitative estimate of drug-likeness (QED) is 0.650. The molecular formula is C24H27N3O4. The molecule has 0 spiro atoms. The fraction of sp³-hybridized carbons (Fsp3) is 0.417. The number of furan rings is 1. The van der Waals surface area contributed by atoms with Gasteiger partial charge in [0.1, 0.15) is 5.58 Å². The lowest BCUT2D eigenvalue weighted by Crippen LogP contribution is -2.53. The maximum absolute atomic E-state index is 13.2. The highest BCUT2D eigenvalue weighted by atomic mass is 16.5. The Balaban J connectivity index is 1.28. The molecule has 0 aliphatic carbocycles. The number of nitrogens with zero attached hydrogens (tertiary/aromatic N) is 3. The molecule has 3 heterocycles. The van der Waals surface area contributed by atoms with Gasteiger partial charge in [-0.1, -0.05) is 36.4 Å². The van der Waals surface area contributed by atoms with E-state index < -0.39 is 0 Å². The van der Waals surface area contributed by atoms with Crippen molar-refractivity contribution in [3.63, 3.8) is 0 Å². The van der Waals surface area contributed by atoms with E-state index in [4.69, 9.17) is 9.15 Å². The normalized spacial score (nSPS) is 18.1. The predicted molar refractivity (Wildman–Crippen MR) is 118 cm³/mol. The Hall–Kier alpha value is -2.90. The molecule has 3 aromatic rings. The molecule has 7 nitrogen and oxygen atoms in total. The first kappa shape index (κ1) is 20.0. The van der Waals surface area contributed by atoms with E-state index in [1.807, 2.05) is 42.2 Å². The van der Waals surface area contributed by atoms with Crippen molar-refractivity contribution in [1.29, 1.82) is 0 Å². The van der Waals surface area contributed by atoms with Gasteiger partial charge in [-0.15, -0.1) is 0 Å². The number of amides is 2. The zero-order valence-corrected chi connectivity index (χ0v) is 17.8. The Morgan fingerprint density at radius 3 is 2.35 bits per heavy atom. The molecule has 0 bridgehead atoms. The summed E-state index contributed by atoms with van der Waals surface area (Å²) in [7, 11) is 0. The lowest BCUT2D eigenvalue weighted by Gasteiger charge is -2.36. The largest absolute Gasteiger partial charge is 0.450 e. The first-order valence-electron chi connectivity index (χ1n) is 10.9. The lowest BCUT2D eigenvalue weighted by atomic mass is 10.1. The average molecular weight is 421 g/mol. The van der Waals surface area contributed by atoms with Gasteiger partial charge in [-0.3, -0.25) is 14.5 Å². The Labute approximate surface area is 181 Å². The van der Waals surface area contributed by atoms with Gasteiger partial charge in [-0.2, -0.15) is 0 Å². The second-order valence-electron chi connectivity index (χ2n) is 8.28. The van der Waals surface area contributed by atoms with Crippen molar-refractivity contribution >= 4 is 33.6 Å². The molecule has 2 amide bonds. The van der Waals surface area contributed by atoms with Crippen LogP contribution in [0.15, 0.2) is 40.8 Å². The maximum atomic E-state index is 13.2. The molecule has 2 aliphatic rings. The first-order valence-corrected chi connectivity index (χ1v) is 10.9. The summed E-state index contributed by atoms with van der Waals surface area (Å²) in [6, 6.07) is 12.1. The van der Waals surface area contributed by atoms with Gasteiger partial charge >= 0.3 is 0 Å². The number of rotatable bonds is 3. The molecule has 2 saturated heterocycles. The third-order valence-corrected chi connectivity index (χ3v) is 6.40. The minimum absolute atomic E-state index is 0.0990. The van der Waals surface area contributed by atoms with Crippen molar-refractivity contribution in [1.82, 2.24) is 14.7 Å². The molecule has 2 aliphatic heterocycles. The van der Waals surface area contributed by atoms with E-state index in [9.17, 15) is 9.59 Å². The van der Waals surface area contributed by atoms with Gasteiger partial charge in [0.2, 0.25) is 5.91 Å². The van der Waals surface area contributed by atoms with Crippen LogP contribution in [0, 0.1) is 6.92 Å². The second kappa shape index (κ2) is 8.32. The van der Waals surface area contributed by atoms with Gasteiger partial charge in [0.15, 0.2) is 5.76 Å². The van der Waals surface area contributed by atoms with E-state index in [-0.39, 0.29) is 11.8 Å². The van der Waals surface area contributed by atoms with E-state index in [0.29, 0.717) is 51.7 Å². The van der Waals surface area contributed by atoms with E-state index in [1.165, 1.54) is 0 Å². The fourth-order valence-corrected chi connectivity index (χ4v) is 4.51. The van der Waals surface area contributed by atoms with Gasteiger partial charge in [0, 0.05) is 55.6 Å². The number of piperazine rings is 1. The molecule has 31 heavy (non-hydrogen) atoms. The minimum Gasteiger partial charge on any atom is -0.450 e. The molecular weight excluding hydrogens is 394 g/mol. The molecule has 0 unspecified atom stereocenters. The molecule has 2 fully saturated rings. The minimum atomic E-state index is -0.0990. The van der Waals surface area contributed by atoms with Crippen LogP contribution in [0.5, 0.6) is 0 Å². The van der Waals surface area contributed by atoms with Crippen molar-refractivity contribution in [2.75, 3.05) is 59.0 Å². The SMILES string of the molecule is Cc1c(C(=O)N2CCN(C(=O)CN3CCOCC3)CC2)oc2c1ccc1ccccc12. The highest BCUT2D eigenvalue weighted by Crippen LogP contribution is 2.32. The molecule has 0 saturated carbocycles. The number of benzene rings is 2. The summed E-state index contributed by atoms with van der Waals surface area (Å²) >= 11 is 0. The average Bonchev–Trinajstić information content (AvgIpc) is 3.16. The number of aryl methyl sites for hydroxylation is 1. The number of ether oxygens (including phenoxy) is 1. The fourth-order valence-electron chi connectivity index (χ4n) is 4.51. The third-order valence-electron chi connectivity index (χ3n) is 6.40. The van der Waals surface area contributed by atoms with Crippen molar-refractivity contribution in [2.45, 2.75) is 6.92 Å². The van der Waals surface area contributed by atoms with E-state index >= 15 is 0 Å². The van der Waals surface area contributed by atoms with Crippen LogP contribution < -0.4 is 0 Å². The second-order valence-corrected chi connectivity index (χ2v) is 8.28. The van der Waals surface area contributed by atoms with Gasteiger partial charge in [0.25, 0.3) is 5.91 Å². The Morgan fingerprint density at radius 2 is 1.58 bits per heavy atom. The number of hydrogen-bond acceptors (Lipinski definition) is 5. The predicted octanol–water partition coefficient (Wildman–Crippen LogP) is 2.51. The summed E-state index contributed by atoms with van der Waals surface area (Å²) in [5.74, 6) is 0.429. The Morgan fingerprint density at radius 1 is 0.871 bits per heavy atom. The summed E-state index contributed by atoms with van der Waals surface area (Å²) in [6.07, 6.45) is 0. The summed E-state index contributed by atoms with van der Waals surface area (Å²) in [5.41, 5.74) is 1.63. The third kappa shape index (κ3) is 3.79. The Kier molecular flexibility index (Phi) is 5.38. The van der Waals surface area contributed by atoms with Gasteiger partial charge < -0.3 is 19.0 Å². The zero-order valence-electron chi connectivity index (χ0n) is 17.8. The van der Waals surface area contributed by atoms with E-state index in [2.05, 4.69) is 11.0 Å². The van der Waals surface area contributed by atoms with Crippen molar-refractivity contribution < 1.29 is 18.7 Å². The number of hydrogen-bond donors (Lipinski definition) is 0. The monoisotopic (exact) mass is 421 g/mol. The van der Waals surface area contributed by atoms with Gasteiger partial charge in [-0.05, 0) is 12.3 Å².